The second kappa shape index (κ2) is 3.98. The van der Waals surface area contributed by atoms with Gasteiger partial charge in [0.05, 0.1) is 5.52 Å². The van der Waals surface area contributed by atoms with Crippen LogP contribution in [0.4, 0.5) is 4.39 Å². The van der Waals surface area contributed by atoms with Gasteiger partial charge in [0, 0.05) is 13.5 Å². The second-order valence-electron chi connectivity index (χ2n) is 3.59. The molecule has 2 N–H and O–H groups in total. The molecule has 0 fully saturated rings. The number of halogens is 1. The Morgan fingerprint density at radius 3 is 2.93 bits per heavy atom. The van der Waals surface area contributed by atoms with E-state index < -0.39 is 0 Å². The number of hydrogen-bond donors (Lipinski definition) is 1. The Labute approximate surface area is 87.7 Å². The third kappa shape index (κ3) is 1.72. The van der Waals surface area contributed by atoms with Crippen molar-refractivity contribution in [3.05, 3.63) is 29.8 Å². The van der Waals surface area contributed by atoms with Crippen LogP contribution in [0.25, 0.3) is 11.0 Å². The molecule has 0 atom stereocenters. The molecule has 0 spiro atoms. The SMILES string of the molecule is Cn1c(CCCN)nc2c(F)cccc21. The van der Waals surface area contributed by atoms with Crippen LogP contribution in [0.2, 0.25) is 0 Å². The van der Waals surface area contributed by atoms with Gasteiger partial charge in [-0.3, -0.25) is 0 Å². The minimum absolute atomic E-state index is 0.262. The Morgan fingerprint density at radius 2 is 2.27 bits per heavy atom. The molecule has 0 amide bonds. The number of nitrogens with zero attached hydrogens (tertiary/aromatic N) is 2. The third-order valence-corrected chi connectivity index (χ3v) is 2.56. The van der Waals surface area contributed by atoms with E-state index in [-0.39, 0.29) is 5.82 Å². The van der Waals surface area contributed by atoms with Crippen molar-refractivity contribution >= 4 is 11.0 Å². The molecule has 3 nitrogen and oxygen atoms in total. The van der Waals surface area contributed by atoms with Gasteiger partial charge in [-0.25, -0.2) is 9.37 Å². The zero-order valence-electron chi connectivity index (χ0n) is 8.70. The van der Waals surface area contributed by atoms with Crippen LogP contribution in [0.15, 0.2) is 18.2 Å². The van der Waals surface area contributed by atoms with E-state index in [0.717, 1.165) is 24.2 Å². The van der Waals surface area contributed by atoms with E-state index in [1.165, 1.54) is 6.07 Å². The van der Waals surface area contributed by atoms with Crippen LogP contribution in [0, 0.1) is 5.82 Å². The standard InChI is InChI=1S/C11H14FN3/c1-15-9-5-2-4-8(12)11(9)14-10(15)6-3-7-13/h2,4-5H,3,6-7,13H2,1H3. The molecule has 1 aromatic heterocycles. The highest BCUT2D eigenvalue weighted by Crippen LogP contribution is 2.18. The molecule has 0 radical (unpaired) electrons. The fourth-order valence-electron chi connectivity index (χ4n) is 1.71. The number of para-hydroxylation sites is 1. The summed E-state index contributed by atoms with van der Waals surface area (Å²) < 4.78 is 15.3. The average Bonchev–Trinajstić information content (AvgIpc) is 2.55. The molecule has 1 heterocycles. The molecule has 0 unspecified atom stereocenters. The molecule has 80 valence electrons. The van der Waals surface area contributed by atoms with Gasteiger partial charge in [0.1, 0.15) is 11.3 Å². The predicted octanol–water partition coefficient (Wildman–Crippen LogP) is 1.60. The first-order valence-electron chi connectivity index (χ1n) is 5.04. The van der Waals surface area contributed by atoms with E-state index in [2.05, 4.69) is 4.98 Å². The van der Waals surface area contributed by atoms with E-state index in [1.54, 1.807) is 6.07 Å². The van der Waals surface area contributed by atoms with Gasteiger partial charge in [-0.2, -0.15) is 0 Å². The first-order valence-corrected chi connectivity index (χ1v) is 5.04. The Kier molecular flexibility index (Phi) is 2.68. The molecule has 2 rings (SSSR count). The minimum atomic E-state index is -0.262. The zero-order chi connectivity index (χ0) is 10.8. The summed E-state index contributed by atoms with van der Waals surface area (Å²) in [4.78, 5) is 4.28. The highest BCUT2D eigenvalue weighted by Gasteiger charge is 2.09. The predicted molar refractivity (Wildman–Crippen MR) is 58.0 cm³/mol. The fraction of sp³-hybridized carbons (Fsp3) is 0.364. The number of fused-ring (bicyclic) bond motifs is 1. The average molecular weight is 207 g/mol. The number of aromatic nitrogens is 2. The van der Waals surface area contributed by atoms with Gasteiger partial charge in [0.2, 0.25) is 0 Å². The Hall–Kier alpha value is -1.42. The number of aryl methyl sites for hydroxylation is 2. The van der Waals surface area contributed by atoms with E-state index in [0.29, 0.717) is 12.1 Å². The summed E-state index contributed by atoms with van der Waals surface area (Å²) in [5.41, 5.74) is 6.73. The van der Waals surface area contributed by atoms with Crippen LogP contribution in [0.5, 0.6) is 0 Å². The van der Waals surface area contributed by atoms with Crippen LogP contribution in [-0.4, -0.2) is 16.1 Å². The topological polar surface area (TPSA) is 43.8 Å². The lowest BCUT2D eigenvalue weighted by Crippen LogP contribution is -2.04. The molecule has 4 heteroatoms. The van der Waals surface area contributed by atoms with E-state index in [9.17, 15) is 4.39 Å². The number of hydrogen-bond acceptors (Lipinski definition) is 2. The summed E-state index contributed by atoms with van der Waals surface area (Å²) in [5, 5.41) is 0. The van der Waals surface area contributed by atoms with Crippen molar-refractivity contribution < 1.29 is 4.39 Å². The van der Waals surface area contributed by atoms with E-state index in [4.69, 9.17) is 5.73 Å². The van der Waals surface area contributed by atoms with Gasteiger partial charge < -0.3 is 10.3 Å². The van der Waals surface area contributed by atoms with Crippen LogP contribution in [0.3, 0.4) is 0 Å². The van der Waals surface area contributed by atoms with Crippen molar-refractivity contribution in [2.75, 3.05) is 6.54 Å². The molecule has 15 heavy (non-hydrogen) atoms. The van der Waals surface area contributed by atoms with Crippen molar-refractivity contribution in [3.63, 3.8) is 0 Å². The third-order valence-electron chi connectivity index (χ3n) is 2.56. The summed E-state index contributed by atoms with van der Waals surface area (Å²) in [7, 11) is 1.90. The van der Waals surface area contributed by atoms with Crippen molar-refractivity contribution in [3.8, 4) is 0 Å². The lowest BCUT2D eigenvalue weighted by Gasteiger charge is -2.00. The van der Waals surface area contributed by atoms with Crippen molar-refractivity contribution in [1.29, 1.82) is 0 Å². The summed E-state index contributed by atoms with van der Waals surface area (Å²) in [6.45, 7) is 0.631. The van der Waals surface area contributed by atoms with Gasteiger partial charge in [-0.1, -0.05) is 6.07 Å². The molecule has 0 aliphatic heterocycles. The monoisotopic (exact) mass is 207 g/mol. The van der Waals surface area contributed by atoms with Crippen LogP contribution < -0.4 is 5.73 Å². The van der Waals surface area contributed by atoms with Crippen molar-refractivity contribution in [2.45, 2.75) is 12.8 Å². The number of rotatable bonds is 3. The molecular formula is C11H14FN3. The maximum absolute atomic E-state index is 13.4. The smallest absolute Gasteiger partial charge is 0.151 e. The van der Waals surface area contributed by atoms with Crippen molar-refractivity contribution in [2.24, 2.45) is 12.8 Å². The summed E-state index contributed by atoms with van der Waals surface area (Å²) >= 11 is 0. The van der Waals surface area contributed by atoms with Crippen LogP contribution in [-0.2, 0) is 13.5 Å². The maximum atomic E-state index is 13.4. The first kappa shape index (κ1) is 10.1. The minimum Gasteiger partial charge on any atom is -0.331 e. The summed E-state index contributed by atoms with van der Waals surface area (Å²) in [6, 6.07) is 5.01. The lowest BCUT2D eigenvalue weighted by molar-refractivity contribution is 0.637. The van der Waals surface area contributed by atoms with Gasteiger partial charge in [0.15, 0.2) is 5.82 Å². The highest BCUT2D eigenvalue weighted by atomic mass is 19.1. The Morgan fingerprint density at radius 1 is 1.47 bits per heavy atom. The van der Waals surface area contributed by atoms with E-state index in [1.807, 2.05) is 17.7 Å². The normalized spacial score (nSPS) is 11.1. The summed E-state index contributed by atoms with van der Waals surface area (Å²) in [6.07, 6.45) is 1.67. The molecule has 1 aromatic carbocycles. The fourth-order valence-corrected chi connectivity index (χ4v) is 1.71. The molecule has 0 saturated carbocycles. The zero-order valence-corrected chi connectivity index (χ0v) is 8.70. The molecule has 0 bridgehead atoms. The lowest BCUT2D eigenvalue weighted by atomic mass is 10.3. The molecule has 2 aromatic rings. The van der Waals surface area contributed by atoms with Gasteiger partial charge in [-0.05, 0) is 25.1 Å². The molecule has 0 saturated heterocycles. The van der Waals surface area contributed by atoms with E-state index >= 15 is 0 Å². The molecule has 0 aliphatic carbocycles. The Bertz CT molecular complexity index is 476. The maximum Gasteiger partial charge on any atom is 0.151 e. The number of imidazole rings is 1. The van der Waals surface area contributed by atoms with Gasteiger partial charge >= 0.3 is 0 Å². The first-order chi connectivity index (χ1) is 7.24. The molecule has 0 aliphatic rings. The number of benzene rings is 1. The van der Waals surface area contributed by atoms with Crippen molar-refractivity contribution in [1.82, 2.24) is 9.55 Å². The largest absolute Gasteiger partial charge is 0.331 e. The summed E-state index contributed by atoms with van der Waals surface area (Å²) in [5.74, 6) is 0.627. The van der Waals surface area contributed by atoms with Gasteiger partial charge in [0.25, 0.3) is 0 Å². The van der Waals surface area contributed by atoms with Crippen LogP contribution >= 0.6 is 0 Å². The quantitative estimate of drug-likeness (QED) is 0.830. The number of nitrogens with two attached hydrogens (primary N) is 1. The Balaban J connectivity index is 2.49. The molecular weight excluding hydrogens is 193 g/mol. The van der Waals surface area contributed by atoms with Crippen LogP contribution in [0.1, 0.15) is 12.2 Å². The van der Waals surface area contributed by atoms with Gasteiger partial charge in [-0.15, -0.1) is 0 Å². The second-order valence-corrected chi connectivity index (χ2v) is 3.59. The highest BCUT2D eigenvalue weighted by molar-refractivity contribution is 5.76.